The Bertz CT molecular complexity index is 1100. The van der Waals surface area contributed by atoms with Crippen LogP contribution in [0.2, 0.25) is 0 Å². The van der Waals surface area contributed by atoms with Crippen LogP contribution in [0.5, 0.6) is 17.2 Å². The first-order valence-electron chi connectivity index (χ1n) is 9.38. The number of ether oxygens (including phenoxy) is 3. The smallest absolute Gasteiger partial charge is 0.243 e. The Balaban J connectivity index is 1.50. The van der Waals surface area contributed by atoms with Crippen LogP contribution in [0.25, 0.3) is 16.9 Å². The van der Waals surface area contributed by atoms with Gasteiger partial charge in [0.15, 0.2) is 11.5 Å². The molecule has 9 heteroatoms. The minimum Gasteiger partial charge on any atom is -0.493 e. The van der Waals surface area contributed by atoms with Crippen LogP contribution in [0.3, 0.4) is 0 Å². The van der Waals surface area contributed by atoms with Crippen LogP contribution in [0.1, 0.15) is 5.69 Å². The Morgan fingerprint density at radius 3 is 2.50 bits per heavy atom. The van der Waals surface area contributed by atoms with Crippen molar-refractivity contribution >= 4 is 11.6 Å². The molecule has 0 saturated carbocycles. The van der Waals surface area contributed by atoms with Crippen LogP contribution in [0.4, 0.5) is 5.95 Å². The molecule has 0 spiro atoms. The maximum absolute atomic E-state index is 5.42. The lowest BCUT2D eigenvalue weighted by molar-refractivity contribution is 0.324. The van der Waals surface area contributed by atoms with Crippen molar-refractivity contribution in [3.63, 3.8) is 0 Å². The van der Waals surface area contributed by atoms with Gasteiger partial charge in [-0.05, 0) is 24.3 Å². The van der Waals surface area contributed by atoms with Gasteiger partial charge in [0, 0.05) is 30.9 Å². The number of anilines is 1. The van der Waals surface area contributed by atoms with Gasteiger partial charge in [-0.3, -0.25) is 0 Å². The maximum Gasteiger partial charge on any atom is 0.243 e. The SMILES string of the molecule is COc1cc(-c2cnnc(NCCc3cn4ccccc4n3)n2)cc(OC)c1OC. The van der Waals surface area contributed by atoms with Crippen LogP contribution in [-0.4, -0.2) is 52.4 Å². The maximum atomic E-state index is 5.42. The van der Waals surface area contributed by atoms with Gasteiger partial charge in [-0.2, -0.15) is 5.10 Å². The summed E-state index contributed by atoms with van der Waals surface area (Å²) >= 11 is 0. The van der Waals surface area contributed by atoms with E-state index in [9.17, 15) is 0 Å². The third-order valence-electron chi connectivity index (χ3n) is 4.60. The van der Waals surface area contributed by atoms with Gasteiger partial charge in [-0.15, -0.1) is 5.10 Å². The van der Waals surface area contributed by atoms with Gasteiger partial charge in [0.2, 0.25) is 11.7 Å². The fourth-order valence-electron chi connectivity index (χ4n) is 3.16. The monoisotopic (exact) mass is 406 g/mol. The summed E-state index contributed by atoms with van der Waals surface area (Å²) in [4.78, 5) is 9.15. The van der Waals surface area contributed by atoms with Gasteiger partial charge in [0.05, 0.1) is 38.9 Å². The zero-order valence-corrected chi connectivity index (χ0v) is 17.0. The number of pyridine rings is 1. The third-order valence-corrected chi connectivity index (χ3v) is 4.60. The Kier molecular flexibility index (Phi) is 5.60. The zero-order chi connectivity index (χ0) is 20.9. The summed E-state index contributed by atoms with van der Waals surface area (Å²) in [6, 6.07) is 9.58. The van der Waals surface area contributed by atoms with E-state index in [1.807, 2.05) is 47.1 Å². The van der Waals surface area contributed by atoms with E-state index in [1.165, 1.54) is 0 Å². The first-order valence-corrected chi connectivity index (χ1v) is 9.38. The molecule has 1 N–H and O–H groups in total. The van der Waals surface area contributed by atoms with Gasteiger partial charge in [-0.25, -0.2) is 9.97 Å². The minimum atomic E-state index is 0.435. The largest absolute Gasteiger partial charge is 0.493 e. The molecule has 0 atom stereocenters. The normalized spacial score (nSPS) is 10.8. The summed E-state index contributed by atoms with van der Waals surface area (Å²) in [6.45, 7) is 0.629. The quantitative estimate of drug-likeness (QED) is 0.477. The topological polar surface area (TPSA) is 95.7 Å². The molecule has 3 heterocycles. The second-order valence-corrected chi connectivity index (χ2v) is 6.45. The van der Waals surface area contributed by atoms with E-state index in [-0.39, 0.29) is 0 Å². The average molecular weight is 406 g/mol. The molecule has 3 aromatic heterocycles. The molecular weight excluding hydrogens is 384 g/mol. The van der Waals surface area contributed by atoms with Crippen molar-refractivity contribution in [3.05, 3.63) is 54.6 Å². The van der Waals surface area contributed by atoms with E-state index < -0.39 is 0 Å². The molecule has 0 fully saturated rings. The van der Waals surface area contributed by atoms with Crippen LogP contribution >= 0.6 is 0 Å². The predicted octanol–water partition coefficient (Wildman–Crippen LogP) is 2.87. The second-order valence-electron chi connectivity index (χ2n) is 6.45. The van der Waals surface area contributed by atoms with Gasteiger partial charge >= 0.3 is 0 Å². The number of aromatic nitrogens is 5. The lowest BCUT2D eigenvalue weighted by Crippen LogP contribution is -2.09. The molecule has 0 aliphatic heterocycles. The first-order chi connectivity index (χ1) is 14.7. The Hall–Kier alpha value is -3.88. The van der Waals surface area contributed by atoms with Crippen molar-refractivity contribution in [3.8, 4) is 28.5 Å². The summed E-state index contributed by atoms with van der Waals surface area (Å²) in [5, 5.41) is 11.3. The number of nitrogens with one attached hydrogen (secondary N) is 1. The molecular formula is C21H22N6O3. The minimum absolute atomic E-state index is 0.435. The van der Waals surface area contributed by atoms with E-state index in [2.05, 4.69) is 25.5 Å². The van der Waals surface area contributed by atoms with Gasteiger partial charge < -0.3 is 23.9 Å². The Morgan fingerprint density at radius 1 is 1.00 bits per heavy atom. The average Bonchev–Trinajstić information content (AvgIpc) is 3.21. The van der Waals surface area contributed by atoms with E-state index in [1.54, 1.807) is 27.5 Å². The van der Waals surface area contributed by atoms with Crippen LogP contribution < -0.4 is 19.5 Å². The lowest BCUT2D eigenvalue weighted by atomic mass is 10.1. The molecule has 154 valence electrons. The molecule has 0 bridgehead atoms. The van der Waals surface area contributed by atoms with Gasteiger partial charge in [0.25, 0.3) is 0 Å². The molecule has 0 radical (unpaired) electrons. The molecule has 1 aromatic carbocycles. The summed E-state index contributed by atoms with van der Waals surface area (Å²) in [5.74, 6) is 2.06. The fourth-order valence-corrected chi connectivity index (χ4v) is 3.16. The number of imidazole rings is 1. The van der Waals surface area contributed by atoms with Crippen molar-refractivity contribution in [1.29, 1.82) is 0 Å². The zero-order valence-electron chi connectivity index (χ0n) is 17.0. The Morgan fingerprint density at radius 2 is 1.80 bits per heavy atom. The van der Waals surface area contributed by atoms with E-state index in [0.717, 1.165) is 23.3 Å². The summed E-state index contributed by atoms with van der Waals surface area (Å²) in [6.07, 6.45) is 6.32. The molecule has 0 aliphatic rings. The molecule has 9 nitrogen and oxygen atoms in total. The molecule has 30 heavy (non-hydrogen) atoms. The van der Waals surface area contributed by atoms with E-state index in [4.69, 9.17) is 14.2 Å². The number of rotatable bonds is 8. The number of nitrogens with zero attached hydrogens (tertiary/aromatic N) is 5. The third kappa shape index (κ3) is 3.95. The van der Waals surface area contributed by atoms with Crippen molar-refractivity contribution in [2.45, 2.75) is 6.42 Å². The highest BCUT2D eigenvalue weighted by Crippen LogP contribution is 2.40. The predicted molar refractivity (Wildman–Crippen MR) is 112 cm³/mol. The molecule has 0 amide bonds. The van der Waals surface area contributed by atoms with Crippen LogP contribution in [0.15, 0.2) is 48.9 Å². The number of methoxy groups -OCH3 is 3. The highest BCUT2D eigenvalue weighted by atomic mass is 16.5. The Labute approximate surface area is 173 Å². The second kappa shape index (κ2) is 8.64. The van der Waals surface area contributed by atoms with E-state index in [0.29, 0.717) is 35.4 Å². The lowest BCUT2D eigenvalue weighted by Gasteiger charge is -2.14. The highest BCUT2D eigenvalue weighted by Gasteiger charge is 2.15. The molecule has 0 saturated heterocycles. The summed E-state index contributed by atoms with van der Waals surface area (Å²) < 4.78 is 18.2. The highest BCUT2D eigenvalue weighted by molar-refractivity contribution is 5.68. The van der Waals surface area contributed by atoms with Crippen molar-refractivity contribution < 1.29 is 14.2 Å². The number of fused-ring (bicyclic) bond motifs is 1. The molecule has 4 rings (SSSR count). The van der Waals surface area contributed by atoms with Gasteiger partial charge in [0.1, 0.15) is 5.65 Å². The van der Waals surface area contributed by atoms with Crippen LogP contribution in [0, 0.1) is 0 Å². The molecule has 4 aromatic rings. The van der Waals surface area contributed by atoms with Crippen molar-refractivity contribution in [1.82, 2.24) is 24.6 Å². The fraction of sp³-hybridized carbons (Fsp3) is 0.238. The number of hydrogen-bond donors (Lipinski definition) is 1. The first kappa shape index (κ1) is 19.4. The van der Waals surface area contributed by atoms with Crippen molar-refractivity contribution in [2.24, 2.45) is 0 Å². The molecule has 0 unspecified atom stereocenters. The van der Waals surface area contributed by atoms with Crippen molar-refractivity contribution in [2.75, 3.05) is 33.2 Å². The number of hydrogen-bond acceptors (Lipinski definition) is 8. The molecule has 0 aliphatic carbocycles. The summed E-state index contributed by atoms with van der Waals surface area (Å²) in [5.41, 5.74) is 3.33. The number of benzene rings is 1. The van der Waals surface area contributed by atoms with E-state index >= 15 is 0 Å². The van der Waals surface area contributed by atoms with Gasteiger partial charge in [-0.1, -0.05) is 6.07 Å². The standard InChI is InChI=1S/C21H22N6O3/c1-28-17-10-14(11-18(29-2)20(17)30-3)16-12-23-26-21(25-16)22-8-7-15-13-27-9-5-4-6-19(27)24-15/h4-6,9-13H,7-8H2,1-3H3,(H,22,25,26). The summed E-state index contributed by atoms with van der Waals surface area (Å²) in [7, 11) is 4.72. The van der Waals surface area contributed by atoms with Crippen LogP contribution in [-0.2, 0) is 6.42 Å².